The van der Waals surface area contributed by atoms with Gasteiger partial charge in [0.2, 0.25) is 21.7 Å². The highest BCUT2D eigenvalue weighted by Crippen LogP contribution is 2.34. The lowest BCUT2D eigenvalue weighted by Gasteiger charge is -2.25. The molecular formula is C30H29FN4O4S. The van der Waals surface area contributed by atoms with Gasteiger partial charge in [-0.05, 0) is 67.3 Å². The van der Waals surface area contributed by atoms with E-state index < -0.39 is 38.2 Å². The number of rotatable bonds is 9. The van der Waals surface area contributed by atoms with Crippen molar-refractivity contribution in [3.05, 3.63) is 99.6 Å². The molecule has 0 bridgehead atoms. The van der Waals surface area contributed by atoms with Crippen molar-refractivity contribution in [3.63, 3.8) is 0 Å². The van der Waals surface area contributed by atoms with Crippen molar-refractivity contribution in [2.24, 2.45) is 0 Å². The highest BCUT2D eigenvalue weighted by molar-refractivity contribution is 7.91. The van der Waals surface area contributed by atoms with Gasteiger partial charge in [0.1, 0.15) is 5.82 Å². The molecule has 0 unspecified atom stereocenters. The molecule has 4 aromatic rings. The van der Waals surface area contributed by atoms with Gasteiger partial charge in [-0.2, -0.15) is 14.6 Å². The Kier molecular flexibility index (Phi) is 8.45. The minimum Gasteiger partial charge on any atom is -0.493 e. The average molecular weight is 561 g/mol. The fourth-order valence-electron chi connectivity index (χ4n) is 4.74. The summed E-state index contributed by atoms with van der Waals surface area (Å²) in [6, 6.07) is 16.8. The summed E-state index contributed by atoms with van der Waals surface area (Å²) in [4.78, 5) is 20.1. The highest BCUT2D eigenvalue weighted by atomic mass is 32.2. The Hall–Kier alpha value is -4.36. The highest BCUT2D eigenvalue weighted by Gasteiger charge is 2.32. The fraction of sp³-hybridized carbons (Fsp3) is 0.267. The van der Waals surface area contributed by atoms with Gasteiger partial charge in [0.15, 0.2) is 4.90 Å². The van der Waals surface area contributed by atoms with Crippen LogP contribution in [0.4, 0.5) is 4.39 Å². The Bertz CT molecular complexity index is 1740. The number of aryl methyl sites for hydroxylation is 2. The summed E-state index contributed by atoms with van der Waals surface area (Å²) >= 11 is 0. The van der Waals surface area contributed by atoms with Crippen molar-refractivity contribution in [2.45, 2.75) is 62.3 Å². The van der Waals surface area contributed by atoms with Gasteiger partial charge in [-0.1, -0.05) is 44.5 Å². The summed E-state index contributed by atoms with van der Waals surface area (Å²) in [5.41, 5.74) is 1.85. The monoisotopic (exact) mass is 560 g/mol. The molecule has 2 heterocycles. The number of hydrogen-bond donors (Lipinski definition) is 1. The van der Waals surface area contributed by atoms with Gasteiger partial charge in [-0.15, -0.1) is 0 Å². The topological polar surface area (TPSA) is 126 Å². The second-order valence-corrected chi connectivity index (χ2v) is 11.3. The van der Waals surface area contributed by atoms with E-state index in [2.05, 4.69) is 16.0 Å². The molecule has 2 aromatic heterocycles. The molecule has 0 saturated heterocycles. The van der Waals surface area contributed by atoms with E-state index in [0.717, 1.165) is 12.0 Å². The largest absolute Gasteiger partial charge is 0.493 e. The van der Waals surface area contributed by atoms with E-state index in [-0.39, 0.29) is 10.7 Å². The molecule has 0 radical (unpaired) electrons. The standard InChI is InChI=1S/C30H29FN4O4S/c1-4-6-7-27-34-29(36)28(30(37)35(27)25(5-2)22-10-8-20(18-32)9-11-22)40(38,39)23-14-12-21(13-15-23)24-16-17-26(31)33-19(24)3/h8-17,25,37H,4-7H2,1-3H3/t25-/m0/s1. The van der Waals surface area contributed by atoms with E-state index in [1.165, 1.54) is 22.8 Å². The maximum Gasteiger partial charge on any atom is 0.296 e. The smallest absolute Gasteiger partial charge is 0.296 e. The van der Waals surface area contributed by atoms with Crippen LogP contribution in [0.3, 0.4) is 0 Å². The Morgan fingerprint density at radius 3 is 2.27 bits per heavy atom. The molecular weight excluding hydrogens is 531 g/mol. The molecule has 0 fully saturated rings. The molecule has 2 aromatic carbocycles. The van der Waals surface area contributed by atoms with Crippen LogP contribution >= 0.6 is 0 Å². The molecule has 206 valence electrons. The van der Waals surface area contributed by atoms with Gasteiger partial charge < -0.3 is 5.11 Å². The number of aromatic hydroxyl groups is 1. The van der Waals surface area contributed by atoms with Crippen LogP contribution < -0.4 is 5.56 Å². The van der Waals surface area contributed by atoms with Crippen LogP contribution in [0.25, 0.3) is 11.1 Å². The zero-order chi connectivity index (χ0) is 29.0. The summed E-state index contributed by atoms with van der Waals surface area (Å²) in [5, 5.41) is 20.6. The zero-order valence-electron chi connectivity index (χ0n) is 22.4. The maximum atomic E-state index is 13.7. The molecule has 0 amide bonds. The first-order valence-electron chi connectivity index (χ1n) is 12.9. The van der Waals surface area contributed by atoms with Crippen LogP contribution in [0, 0.1) is 24.2 Å². The first kappa shape index (κ1) is 28.6. The molecule has 1 N–H and O–H groups in total. The lowest BCUT2D eigenvalue weighted by Crippen LogP contribution is -2.27. The number of nitrogens with zero attached hydrogens (tertiary/aromatic N) is 4. The number of benzene rings is 2. The minimum atomic E-state index is -4.47. The summed E-state index contributed by atoms with van der Waals surface area (Å²) < 4.78 is 42.3. The van der Waals surface area contributed by atoms with Gasteiger partial charge in [0, 0.05) is 17.7 Å². The average Bonchev–Trinajstić information content (AvgIpc) is 2.93. The predicted molar refractivity (Wildman–Crippen MR) is 148 cm³/mol. The van der Waals surface area contributed by atoms with E-state index in [9.17, 15) is 28.0 Å². The van der Waals surface area contributed by atoms with Crippen molar-refractivity contribution in [1.82, 2.24) is 14.5 Å². The zero-order valence-corrected chi connectivity index (χ0v) is 23.2. The SMILES string of the molecule is CCCCc1nc(=O)c(S(=O)(=O)c2ccc(-c3ccc(F)nc3C)cc2)c(O)n1[C@@H](CC)c1ccc(C#N)cc1. The summed E-state index contributed by atoms with van der Waals surface area (Å²) in [7, 11) is -4.47. The van der Waals surface area contributed by atoms with E-state index in [4.69, 9.17) is 0 Å². The minimum absolute atomic E-state index is 0.197. The third-order valence-electron chi connectivity index (χ3n) is 6.81. The number of hydrogen-bond acceptors (Lipinski definition) is 7. The van der Waals surface area contributed by atoms with Crippen LogP contribution in [0.1, 0.15) is 61.8 Å². The molecule has 40 heavy (non-hydrogen) atoms. The van der Waals surface area contributed by atoms with Crippen molar-refractivity contribution in [2.75, 3.05) is 0 Å². The van der Waals surface area contributed by atoms with E-state index in [0.29, 0.717) is 41.6 Å². The van der Waals surface area contributed by atoms with Gasteiger partial charge in [-0.3, -0.25) is 9.36 Å². The quantitative estimate of drug-likeness (QED) is 0.268. The molecule has 1 atom stereocenters. The molecule has 8 nitrogen and oxygen atoms in total. The third-order valence-corrected chi connectivity index (χ3v) is 8.59. The summed E-state index contributed by atoms with van der Waals surface area (Å²) in [6.45, 7) is 5.50. The molecule has 0 aliphatic carbocycles. The first-order valence-corrected chi connectivity index (χ1v) is 14.4. The lowest BCUT2D eigenvalue weighted by atomic mass is 10.0. The van der Waals surface area contributed by atoms with Crippen LogP contribution in [0.5, 0.6) is 5.88 Å². The first-order chi connectivity index (χ1) is 19.1. The number of unbranched alkanes of at least 4 members (excludes halogenated alkanes) is 1. The Balaban J connectivity index is 1.85. The van der Waals surface area contributed by atoms with Crippen LogP contribution in [-0.2, 0) is 16.3 Å². The molecule has 10 heteroatoms. The second kappa shape index (κ2) is 11.8. The van der Waals surface area contributed by atoms with Crippen molar-refractivity contribution < 1.29 is 17.9 Å². The normalized spacial score (nSPS) is 12.2. The van der Waals surface area contributed by atoms with Crippen molar-refractivity contribution in [1.29, 1.82) is 5.26 Å². The number of aromatic nitrogens is 3. The number of nitriles is 1. The van der Waals surface area contributed by atoms with Gasteiger partial charge in [0.25, 0.3) is 5.56 Å². The van der Waals surface area contributed by atoms with Crippen LogP contribution in [0.2, 0.25) is 0 Å². The van der Waals surface area contributed by atoms with Gasteiger partial charge in [-0.25, -0.2) is 13.4 Å². The van der Waals surface area contributed by atoms with Crippen molar-refractivity contribution in [3.8, 4) is 23.1 Å². The molecule has 0 aliphatic rings. The van der Waals surface area contributed by atoms with E-state index >= 15 is 0 Å². The Morgan fingerprint density at radius 1 is 1.02 bits per heavy atom. The number of sulfone groups is 1. The number of halogens is 1. The molecule has 4 rings (SSSR count). The van der Waals surface area contributed by atoms with Crippen molar-refractivity contribution >= 4 is 9.84 Å². The Labute approximate surface area is 232 Å². The van der Waals surface area contributed by atoms with Crippen LogP contribution in [-0.4, -0.2) is 28.1 Å². The van der Waals surface area contributed by atoms with Gasteiger partial charge >= 0.3 is 0 Å². The summed E-state index contributed by atoms with van der Waals surface area (Å²) in [5.74, 6) is -1.01. The summed E-state index contributed by atoms with van der Waals surface area (Å²) in [6.07, 6.45) is 2.31. The number of pyridine rings is 1. The molecule has 0 aliphatic heterocycles. The predicted octanol–water partition coefficient (Wildman–Crippen LogP) is 5.50. The maximum absolute atomic E-state index is 13.7. The van der Waals surface area contributed by atoms with Crippen LogP contribution in [0.15, 0.2) is 75.2 Å². The second-order valence-electron chi connectivity index (χ2n) is 9.41. The lowest BCUT2D eigenvalue weighted by molar-refractivity contribution is 0.358. The fourth-order valence-corrected chi connectivity index (χ4v) is 6.08. The van der Waals surface area contributed by atoms with E-state index in [1.54, 1.807) is 49.4 Å². The molecule has 0 saturated carbocycles. The van der Waals surface area contributed by atoms with Gasteiger partial charge in [0.05, 0.1) is 22.6 Å². The molecule has 0 spiro atoms. The third kappa shape index (κ3) is 5.51. The van der Waals surface area contributed by atoms with E-state index in [1.807, 2.05) is 13.8 Å². The Morgan fingerprint density at radius 2 is 1.70 bits per heavy atom.